The van der Waals surface area contributed by atoms with Crippen LogP contribution in [-0.2, 0) is 9.59 Å². The van der Waals surface area contributed by atoms with Gasteiger partial charge in [0.15, 0.2) is 0 Å². The number of aliphatic carboxylic acids is 1. The molecule has 0 unspecified atom stereocenters. The molecule has 7 heteroatoms. The van der Waals surface area contributed by atoms with Gasteiger partial charge in [-0.1, -0.05) is 19.8 Å². The van der Waals surface area contributed by atoms with E-state index < -0.39 is 5.97 Å². The molecule has 0 bridgehead atoms. The van der Waals surface area contributed by atoms with Crippen LogP contribution in [0.2, 0.25) is 0 Å². The number of carbonyl (C=O) groups excluding carboxylic acids is 2. The topological polar surface area (TPSA) is 105 Å². The lowest BCUT2D eigenvalue weighted by molar-refractivity contribution is -0.137. The summed E-state index contributed by atoms with van der Waals surface area (Å²) < 4.78 is 5.60. The Morgan fingerprint density at radius 3 is 2.35 bits per heavy atom. The van der Waals surface area contributed by atoms with Crippen LogP contribution < -0.4 is 15.4 Å². The van der Waals surface area contributed by atoms with Crippen LogP contribution >= 0.6 is 0 Å². The zero-order valence-corrected chi connectivity index (χ0v) is 15.3. The maximum Gasteiger partial charge on any atom is 0.303 e. The van der Waals surface area contributed by atoms with Gasteiger partial charge in [0.05, 0.1) is 6.61 Å². The first-order valence-corrected chi connectivity index (χ1v) is 9.02. The molecule has 0 radical (unpaired) electrons. The van der Waals surface area contributed by atoms with E-state index in [0.29, 0.717) is 25.1 Å². The fraction of sp³-hybridized carbons (Fsp3) is 0.526. The molecule has 0 aromatic heterocycles. The molecule has 0 saturated carbocycles. The number of carbonyl (C=O) groups is 3. The average molecular weight is 364 g/mol. The summed E-state index contributed by atoms with van der Waals surface area (Å²) in [4.78, 5) is 34.0. The molecule has 2 amide bonds. The Bertz CT molecular complexity index is 572. The molecule has 0 aliphatic heterocycles. The van der Waals surface area contributed by atoms with Crippen LogP contribution in [0.25, 0.3) is 0 Å². The van der Waals surface area contributed by atoms with Crippen molar-refractivity contribution >= 4 is 17.8 Å². The molecule has 26 heavy (non-hydrogen) atoms. The fourth-order valence-corrected chi connectivity index (χ4v) is 2.19. The third-order valence-corrected chi connectivity index (χ3v) is 3.66. The number of ether oxygens (including phenoxy) is 1. The van der Waals surface area contributed by atoms with Crippen LogP contribution in [-0.4, -0.2) is 42.6 Å². The Labute approximate surface area is 154 Å². The Morgan fingerprint density at radius 1 is 0.962 bits per heavy atom. The van der Waals surface area contributed by atoms with Gasteiger partial charge in [-0.15, -0.1) is 0 Å². The minimum absolute atomic E-state index is 0.0231. The Morgan fingerprint density at radius 2 is 1.69 bits per heavy atom. The van der Waals surface area contributed by atoms with Crippen LogP contribution in [0.3, 0.4) is 0 Å². The zero-order valence-electron chi connectivity index (χ0n) is 15.3. The largest absolute Gasteiger partial charge is 0.494 e. The van der Waals surface area contributed by atoms with Gasteiger partial charge in [0.2, 0.25) is 5.91 Å². The number of carboxylic acid groups (broad SMARTS) is 1. The van der Waals surface area contributed by atoms with Crippen molar-refractivity contribution in [2.75, 3.05) is 19.7 Å². The predicted molar refractivity (Wildman–Crippen MR) is 98.3 cm³/mol. The van der Waals surface area contributed by atoms with E-state index in [1.165, 1.54) is 0 Å². The highest BCUT2D eigenvalue weighted by molar-refractivity contribution is 5.94. The van der Waals surface area contributed by atoms with Gasteiger partial charge in [-0.25, -0.2) is 0 Å². The lowest BCUT2D eigenvalue weighted by Gasteiger charge is -2.08. The smallest absolute Gasteiger partial charge is 0.303 e. The molecular weight excluding hydrogens is 336 g/mol. The molecule has 144 valence electrons. The third kappa shape index (κ3) is 9.66. The van der Waals surface area contributed by atoms with Crippen molar-refractivity contribution in [2.24, 2.45) is 0 Å². The van der Waals surface area contributed by atoms with Crippen LogP contribution in [0.1, 0.15) is 55.8 Å². The monoisotopic (exact) mass is 364 g/mol. The van der Waals surface area contributed by atoms with E-state index in [2.05, 4.69) is 17.6 Å². The first-order chi connectivity index (χ1) is 12.5. The molecular formula is C19H28N2O5. The quantitative estimate of drug-likeness (QED) is 0.466. The number of rotatable bonds is 13. The van der Waals surface area contributed by atoms with Gasteiger partial charge in [-0.3, -0.25) is 14.4 Å². The van der Waals surface area contributed by atoms with Gasteiger partial charge in [0.25, 0.3) is 5.91 Å². The molecule has 0 aliphatic carbocycles. The van der Waals surface area contributed by atoms with E-state index in [9.17, 15) is 14.4 Å². The summed E-state index contributed by atoms with van der Waals surface area (Å²) in [6.07, 6.45) is 3.85. The van der Waals surface area contributed by atoms with Crippen molar-refractivity contribution in [3.8, 4) is 5.75 Å². The molecule has 0 fully saturated rings. The van der Waals surface area contributed by atoms with Gasteiger partial charge in [0.1, 0.15) is 5.75 Å². The number of benzene rings is 1. The maximum absolute atomic E-state index is 12.0. The summed E-state index contributed by atoms with van der Waals surface area (Å²) in [6, 6.07) is 6.90. The standard InChI is InChI=1S/C19H28N2O5/c1-2-3-4-14-26-16-9-7-15(8-10-16)19(25)21-13-11-17(22)20-12-5-6-18(23)24/h7-10H,2-6,11-14H2,1H3,(H,20,22)(H,21,25)(H,23,24). The van der Waals surface area contributed by atoms with Crippen molar-refractivity contribution in [1.29, 1.82) is 0 Å². The molecule has 1 aromatic rings. The second-order valence-corrected chi connectivity index (χ2v) is 5.93. The number of hydrogen-bond donors (Lipinski definition) is 3. The van der Waals surface area contributed by atoms with E-state index in [1.807, 2.05) is 0 Å². The zero-order chi connectivity index (χ0) is 19.2. The summed E-state index contributed by atoms with van der Waals surface area (Å²) in [5.74, 6) is -0.616. The molecule has 3 N–H and O–H groups in total. The van der Waals surface area contributed by atoms with Crippen LogP contribution in [0.5, 0.6) is 5.75 Å². The second-order valence-electron chi connectivity index (χ2n) is 5.93. The lowest BCUT2D eigenvalue weighted by Crippen LogP contribution is -2.31. The van der Waals surface area contributed by atoms with Crippen molar-refractivity contribution in [1.82, 2.24) is 10.6 Å². The highest BCUT2D eigenvalue weighted by Crippen LogP contribution is 2.13. The normalized spacial score (nSPS) is 10.2. The van der Waals surface area contributed by atoms with E-state index >= 15 is 0 Å². The molecule has 0 saturated heterocycles. The summed E-state index contributed by atoms with van der Waals surface area (Å²) in [7, 11) is 0. The van der Waals surface area contributed by atoms with Crippen LogP contribution in [0.15, 0.2) is 24.3 Å². The maximum atomic E-state index is 12.0. The summed E-state index contributed by atoms with van der Waals surface area (Å²) >= 11 is 0. The molecule has 1 rings (SSSR count). The highest BCUT2D eigenvalue weighted by atomic mass is 16.5. The SMILES string of the molecule is CCCCCOc1ccc(C(=O)NCCC(=O)NCCCC(=O)O)cc1. The number of nitrogens with one attached hydrogen (secondary N) is 2. The Balaban J connectivity index is 2.22. The summed E-state index contributed by atoms with van der Waals surface area (Å²) in [6.45, 7) is 3.34. The number of unbranched alkanes of at least 4 members (excludes halogenated alkanes) is 2. The van der Waals surface area contributed by atoms with Crippen molar-refractivity contribution in [3.05, 3.63) is 29.8 Å². The lowest BCUT2D eigenvalue weighted by atomic mass is 10.2. The van der Waals surface area contributed by atoms with E-state index in [4.69, 9.17) is 9.84 Å². The molecule has 0 atom stereocenters. The van der Waals surface area contributed by atoms with Gasteiger partial charge < -0.3 is 20.5 Å². The fourth-order valence-electron chi connectivity index (χ4n) is 2.19. The molecule has 0 aliphatic rings. The Hall–Kier alpha value is -2.57. The van der Waals surface area contributed by atoms with Gasteiger partial charge in [-0.2, -0.15) is 0 Å². The van der Waals surface area contributed by atoms with Crippen molar-refractivity contribution < 1.29 is 24.2 Å². The Kier molecular flexibility index (Phi) is 10.5. The van der Waals surface area contributed by atoms with Crippen molar-refractivity contribution in [3.63, 3.8) is 0 Å². The van der Waals surface area contributed by atoms with E-state index in [-0.39, 0.29) is 31.2 Å². The second kappa shape index (κ2) is 12.7. The minimum atomic E-state index is -0.885. The average Bonchev–Trinajstić information content (AvgIpc) is 2.62. The van der Waals surface area contributed by atoms with Crippen LogP contribution in [0, 0.1) is 0 Å². The minimum Gasteiger partial charge on any atom is -0.494 e. The molecule has 0 spiro atoms. The summed E-state index contributed by atoms with van der Waals surface area (Å²) in [5.41, 5.74) is 0.507. The first-order valence-electron chi connectivity index (χ1n) is 9.02. The number of carboxylic acids is 1. The summed E-state index contributed by atoms with van der Waals surface area (Å²) in [5, 5.41) is 13.8. The first kappa shape index (κ1) is 21.5. The number of amides is 2. The van der Waals surface area contributed by atoms with Gasteiger partial charge >= 0.3 is 5.97 Å². The predicted octanol–water partition coefficient (Wildman–Crippen LogP) is 2.36. The van der Waals surface area contributed by atoms with E-state index in [0.717, 1.165) is 25.0 Å². The van der Waals surface area contributed by atoms with Gasteiger partial charge in [-0.05, 0) is 37.1 Å². The van der Waals surface area contributed by atoms with Crippen LogP contribution in [0.4, 0.5) is 0 Å². The van der Waals surface area contributed by atoms with Gasteiger partial charge in [0, 0.05) is 31.5 Å². The highest BCUT2D eigenvalue weighted by Gasteiger charge is 2.07. The van der Waals surface area contributed by atoms with E-state index in [1.54, 1.807) is 24.3 Å². The molecule has 1 aromatic carbocycles. The third-order valence-electron chi connectivity index (χ3n) is 3.66. The van der Waals surface area contributed by atoms with Crippen molar-refractivity contribution in [2.45, 2.75) is 45.4 Å². The molecule has 7 nitrogen and oxygen atoms in total. The number of hydrogen-bond acceptors (Lipinski definition) is 4. The molecule has 0 heterocycles.